The third-order valence-electron chi connectivity index (χ3n) is 4.63. The first-order valence-corrected chi connectivity index (χ1v) is 10.6. The number of rotatable bonds is 6. The van der Waals surface area contributed by atoms with E-state index in [0.717, 1.165) is 27.7 Å². The van der Waals surface area contributed by atoms with E-state index in [1.165, 1.54) is 26.4 Å². The quantitative estimate of drug-likeness (QED) is 0.340. The molecule has 0 saturated heterocycles. The molecule has 0 spiro atoms. The summed E-state index contributed by atoms with van der Waals surface area (Å²) in [6.07, 6.45) is 8.26. The van der Waals surface area contributed by atoms with Crippen LogP contribution < -0.4 is 4.74 Å². The lowest BCUT2D eigenvalue weighted by Crippen LogP contribution is -2.22. The molecule has 0 N–H and O–H groups in total. The second kappa shape index (κ2) is 8.15. The van der Waals surface area contributed by atoms with Gasteiger partial charge in [0.1, 0.15) is 22.1 Å². The highest BCUT2D eigenvalue weighted by Gasteiger charge is 2.24. The molecule has 0 amide bonds. The number of nitrogens with zero attached hydrogens (tertiary/aromatic N) is 5. The molecule has 4 rings (SSSR count). The largest absolute Gasteiger partial charge is 0.495 e. The molecule has 3 heterocycles. The van der Waals surface area contributed by atoms with Crippen molar-refractivity contribution in [2.45, 2.75) is 4.90 Å². The Morgan fingerprint density at radius 2 is 2.00 bits per heavy atom. The minimum Gasteiger partial charge on any atom is -0.495 e. The van der Waals surface area contributed by atoms with Crippen LogP contribution in [-0.2, 0) is 10.0 Å². The maximum Gasteiger partial charge on any atom is 0.282 e. The molecule has 31 heavy (non-hydrogen) atoms. The van der Waals surface area contributed by atoms with Crippen LogP contribution in [0.3, 0.4) is 0 Å². The van der Waals surface area contributed by atoms with Gasteiger partial charge in [-0.3, -0.25) is 9.38 Å². The summed E-state index contributed by atoms with van der Waals surface area (Å²) in [5.74, 6) is -0.666. The Bertz CT molecular complexity index is 1370. The summed E-state index contributed by atoms with van der Waals surface area (Å²) in [6.45, 7) is 0. The molecule has 0 aliphatic carbocycles. The summed E-state index contributed by atoms with van der Waals surface area (Å²) < 4.78 is 47.0. The number of aromatic nitrogens is 3. The maximum atomic E-state index is 13.6. The number of benzene rings is 1. The monoisotopic (exact) mass is 439 g/mol. The molecule has 0 saturated carbocycles. The van der Waals surface area contributed by atoms with Gasteiger partial charge >= 0.3 is 0 Å². The molecule has 0 atom stereocenters. The van der Waals surface area contributed by atoms with Crippen molar-refractivity contribution in [3.8, 4) is 16.9 Å². The molecule has 1 aromatic carbocycles. The van der Waals surface area contributed by atoms with Gasteiger partial charge in [-0.25, -0.2) is 9.37 Å². The Morgan fingerprint density at radius 1 is 1.16 bits per heavy atom. The highest BCUT2D eigenvalue weighted by Crippen LogP contribution is 2.27. The van der Waals surface area contributed by atoms with Gasteiger partial charge in [-0.05, 0) is 36.4 Å². The van der Waals surface area contributed by atoms with Gasteiger partial charge in [0, 0.05) is 36.8 Å². The number of sulfonamides is 1. The molecule has 158 valence electrons. The van der Waals surface area contributed by atoms with Crippen LogP contribution in [0.5, 0.6) is 5.75 Å². The molecule has 0 aliphatic heterocycles. The van der Waals surface area contributed by atoms with E-state index in [4.69, 9.17) is 4.74 Å². The van der Waals surface area contributed by atoms with E-state index in [9.17, 15) is 12.8 Å². The molecular weight excluding hydrogens is 421 g/mol. The minimum absolute atomic E-state index is 0.0272. The van der Waals surface area contributed by atoms with Gasteiger partial charge < -0.3 is 4.74 Å². The van der Waals surface area contributed by atoms with Crippen LogP contribution in [0.4, 0.5) is 4.39 Å². The Labute approximate surface area is 178 Å². The van der Waals surface area contributed by atoms with Crippen molar-refractivity contribution in [2.75, 3.05) is 14.2 Å². The van der Waals surface area contributed by atoms with Gasteiger partial charge in [0.15, 0.2) is 0 Å². The fraction of sp³-hybridized carbons (Fsp3) is 0.0952. The van der Waals surface area contributed by atoms with Gasteiger partial charge in [-0.15, -0.1) is 0 Å². The van der Waals surface area contributed by atoms with Crippen molar-refractivity contribution in [1.82, 2.24) is 18.8 Å². The normalized spacial score (nSPS) is 11.8. The molecule has 4 aromatic rings. The van der Waals surface area contributed by atoms with E-state index in [1.807, 2.05) is 30.5 Å². The lowest BCUT2D eigenvalue weighted by molar-refractivity contribution is 0.397. The Kier molecular flexibility index (Phi) is 5.38. The van der Waals surface area contributed by atoms with Crippen LogP contribution in [-0.4, -0.2) is 47.6 Å². The standard InChI is InChI=1S/C21H18FN5O3S/c1-26(31(28,29)20-10-17(22)6-7-19(20)30-2)25-13-18-12-24-21-8-5-16(14-27(18)21)15-4-3-9-23-11-15/h3-14H,1-2H3/b25-13+. The average molecular weight is 439 g/mol. The Morgan fingerprint density at radius 3 is 2.74 bits per heavy atom. The van der Waals surface area contributed by atoms with Gasteiger partial charge in [0.05, 0.1) is 25.2 Å². The van der Waals surface area contributed by atoms with Crippen molar-refractivity contribution in [3.63, 3.8) is 0 Å². The predicted octanol–water partition coefficient (Wildman–Crippen LogP) is 3.20. The minimum atomic E-state index is -4.13. The summed E-state index contributed by atoms with van der Waals surface area (Å²) in [7, 11) is -1.55. The topological polar surface area (TPSA) is 89.2 Å². The van der Waals surface area contributed by atoms with Gasteiger partial charge in [0.25, 0.3) is 10.0 Å². The zero-order chi connectivity index (χ0) is 22.0. The molecule has 0 bridgehead atoms. The lowest BCUT2D eigenvalue weighted by atomic mass is 10.1. The molecule has 0 radical (unpaired) electrons. The summed E-state index contributed by atoms with van der Waals surface area (Å²) in [5, 5.41) is 4.04. The summed E-state index contributed by atoms with van der Waals surface area (Å²) >= 11 is 0. The van der Waals surface area contributed by atoms with Crippen LogP contribution in [0.2, 0.25) is 0 Å². The number of ether oxygens (including phenoxy) is 1. The van der Waals surface area contributed by atoms with Crippen LogP contribution in [0.25, 0.3) is 16.8 Å². The van der Waals surface area contributed by atoms with Crippen molar-refractivity contribution < 1.29 is 17.5 Å². The molecule has 0 aliphatic rings. The molecular formula is C21H18FN5O3S. The highest BCUT2D eigenvalue weighted by molar-refractivity contribution is 7.89. The van der Waals surface area contributed by atoms with E-state index in [2.05, 4.69) is 15.1 Å². The molecule has 8 nitrogen and oxygen atoms in total. The number of pyridine rings is 2. The first-order chi connectivity index (χ1) is 14.9. The zero-order valence-corrected chi connectivity index (χ0v) is 17.5. The smallest absolute Gasteiger partial charge is 0.282 e. The number of halogens is 1. The van der Waals surface area contributed by atoms with Gasteiger partial charge in [-0.1, -0.05) is 6.07 Å². The number of imidazole rings is 1. The number of methoxy groups -OCH3 is 1. The first-order valence-electron chi connectivity index (χ1n) is 9.14. The summed E-state index contributed by atoms with van der Waals surface area (Å²) in [6, 6.07) is 10.8. The molecule has 3 aromatic heterocycles. The number of hydrogen-bond acceptors (Lipinski definition) is 6. The third kappa shape index (κ3) is 3.97. The van der Waals surface area contributed by atoms with E-state index in [-0.39, 0.29) is 10.6 Å². The number of hydrogen-bond donors (Lipinski definition) is 0. The lowest BCUT2D eigenvalue weighted by Gasteiger charge is -2.15. The highest BCUT2D eigenvalue weighted by atomic mass is 32.2. The zero-order valence-electron chi connectivity index (χ0n) is 16.7. The van der Waals surface area contributed by atoms with Crippen LogP contribution in [0.15, 0.2) is 77.2 Å². The van der Waals surface area contributed by atoms with Crippen LogP contribution in [0, 0.1) is 5.82 Å². The maximum absolute atomic E-state index is 13.6. The first kappa shape index (κ1) is 20.5. The Balaban J connectivity index is 1.67. The summed E-state index contributed by atoms with van der Waals surface area (Å²) in [5.41, 5.74) is 3.08. The van der Waals surface area contributed by atoms with Crippen molar-refractivity contribution >= 4 is 21.9 Å². The second-order valence-corrected chi connectivity index (χ2v) is 8.47. The van der Waals surface area contributed by atoms with E-state index in [0.29, 0.717) is 11.3 Å². The fourth-order valence-corrected chi connectivity index (χ4v) is 4.12. The van der Waals surface area contributed by atoms with Gasteiger partial charge in [-0.2, -0.15) is 17.9 Å². The molecule has 0 unspecified atom stereocenters. The molecule has 10 heteroatoms. The third-order valence-corrected chi connectivity index (χ3v) is 6.30. The average Bonchev–Trinajstić information content (AvgIpc) is 3.20. The fourth-order valence-electron chi connectivity index (χ4n) is 3.00. The van der Waals surface area contributed by atoms with E-state index >= 15 is 0 Å². The number of hydrazone groups is 1. The number of fused-ring (bicyclic) bond motifs is 1. The second-order valence-electron chi connectivity index (χ2n) is 6.55. The molecule has 0 fully saturated rings. The predicted molar refractivity (Wildman–Crippen MR) is 114 cm³/mol. The van der Waals surface area contributed by atoms with Crippen molar-refractivity contribution in [1.29, 1.82) is 0 Å². The van der Waals surface area contributed by atoms with Crippen molar-refractivity contribution in [2.24, 2.45) is 5.10 Å². The summed E-state index contributed by atoms with van der Waals surface area (Å²) in [4.78, 5) is 8.12. The van der Waals surface area contributed by atoms with Crippen LogP contribution in [0.1, 0.15) is 5.69 Å². The van der Waals surface area contributed by atoms with Crippen LogP contribution >= 0.6 is 0 Å². The Hall–Kier alpha value is -3.79. The van der Waals surface area contributed by atoms with E-state index < -0.39 is 15.8 Å². The SMILES string of the molecule is COc1ccc(F)cc1S(=O)(=O)N(C)/N=C/c1cnc2ccc(-c3cccnc3)cn12. The van der Waals surface area contributed by atoms with Crippen molar-refractivity contribution in [3.05, 3.63) is 78.8 Å². The van der Waals surface area contributed by atoms with Gasteiger partial charge in [0.2, 0.25) is 0 Å². The van der Waals surface area contributed by atoms with E-state index in [1.54, 1.807) is 23.0 Å².